The molecule has 0 atom stereocenters. The molecule has 0 unspecified atom stereocenters. The number of hydrogen-bond donors (Lipinski definition) is 3. The molecule has 0 aliphatic heterocycles. The van der Waals surface area contributed by atoms with Crippen molar-refractivity contribution in [2.24, 2.45) is 5.14 Å². The van der Waals surface area contributed by atoms with Crippen LogP contribution in [0.1, 0.15) is 10.4 Å². The van der Waals surface area contributed by atoms with E-state index in [2.05, 4.69) is 27.2 Å². The number of rotatable bonds is 4. The van der Waals surface area contributed by atoms with Gasteiger partial charge in [0.2, 0.25) is 16.0 Å². The smallest absolute Gasteiger partial charge is 0.254 e. The average molecular weight is 385 g/mol. The number of aromatic nitrogens is 2. The number of amides is 1. The summed E-state index contributed by atoms with van der Waals surface area (Å²) >= 11 is 0. The van der Waals surface area contributed by atoms with Gasteiger partial charge in [0.1, 0.15) is 0 Å². The highest BCUT2D eigenvalue weighted by atomic mass is 32.2. The molecule has 0 saturated carbocycles. The average Bonchev–Trinajstić information content (AvgIpc) is 2.67. The number of anilines is 1. The van der Waals surface area contributed by atoms with Crippen molar-refractivity contribution in [3.8, 4) is 0 Å². The fourth-order valence-corrected chi connectivity index (χ4v) is 2.65. The van der Waals surface area contributed by atoms with Crippen LogP contribution in [0.15, 0.2) is 72.5 Å². The van der Waals surface area contributed by atoms with E-state index < -0.39 is 10.0 Å². The van der Waals surface area contributed by atoms with Crippen LogP contribution in [0.5, 0.6) is 0 Å². The lowest BCUT2D eigenvalue weighted by atomic mass is 10.1. The molecule has 140 valence electrons. The molecular weight excluding hydrogens is 366 g/mol. The van der Waals surface area contributed by atoms with Crippen LogP contribution < -0.4 is 15.8 Å². The lowest BCUT2D eigenvalue weighted by molar-refractivity contribution is 0.0962. The molecule has 1 heterocycles. The van der Waals surface area contributed by atoms with Gasteiger partial charge in [0.15, 0.2) is 0 Å². The number of benzene rings is 2. The maximum atomic E-state index is 11.1. The summed E-state index contributed by atoms with van der Waals surface area (Å²) in [6.45, 7) is 3.46. The Morgan fingerprint density at radius 2 is 1.74 bits per heavy atom. The van der Waals surface area contributed by atoms with E-state index in [1.54, 1.807) is 19.2 Å². The van der Waals surface area contributed by atoms with E-state index in [9.17, 15) is 13.2 Å². The Morgan fingerprint density at radius 3 is 2.30 bits per heavy atom. The fourth-order valence-electron chi connectivity index (χ4n) is 2.10. The molecule has 0 spiro atoms. The molecule has 0 fully saturated rings. The Balaban J connectivity index is 0.000000194. The molecule has 0 aliphatic rings. The maximum absolute atomic E-state index is 11.1. The number of fused-ring (bicyclic) bond motifs is 1. The monoisotopic (exact) mass is 385 g/mol. The number of nitrogens with one attached hydrogen (secondary N) is 2. The summed E-state index contributed by atoms with van der Waals surface area (Å²) in [7, 11) is -2.04. The molecule has 2 aromatic carbocycles. The highest BCUT2D eigenvalue weighted by Crippen LogP contribution is 2.17. The third-order valence-electron chi connectivity index (χ3n) is 3.42. The number of nitrogens with zero attached hydrogens (tertiary/aromatic N) is 2. The largest absolute Gasteiger partial charge is 0.355 e. The van der Waals surface area contributed by atoms with Crippen molar-refractivity contribution < 1.29 is 13.2 Å². The van der Waals surface area contributed by atoms with E-state index in [0.29, 0.717) is 11.5 Å². The van der Waals surface area contributed by atoms with Crippen molar-refractivity contribution in [1.29, 1.82) is 0 Å². The highest BCUT2D eigenvalue weighted by molar-refractivity contribution is 7.89. The fraction of sp³-hybridized carbons (Fsp3) is 0.0556. The second-order valence-electron chi connectivity index (χ2n) is 5.28. The molecule has 0 aliphatic carbocycles. The van der Waals surface area contributed by atoms with Crippen molar-refractivity contribution in [3.63, 3.8) is 0 Å². The van der Waals surface area contributed by atoms with Crippen molar-refractivity contribution in [3.05, 3.63) is 73.2 Å². The van der Waals surface area contributed by atoms with Crippen LogP contribution in [0.25, 0.3) is 10.8 Å². The molecule has 3 rings (SSSR count). The van der Waals surface area contributed by atoms with E-state index in [0.717, 1.165) is 10.8 Å². The predicted octanol–water partition coefficient (Wildman–Crippen LogP) is 1.88. The van der Waals surface area contributed by atoms with Gasteiger partial charge in [-0.3, -0.25) is 4.79 Å². The minimum atomic E-state index is -3.59. The molecule has 3 aromatic rings. The molecule has 0 saturated heterocycles. The van der Waals surface area contributed by atoms with Crippen molar-refractivity contribution >= 4 is 32.7 Å². The number of carbonyl (C=O) groups excluding carboxylic acids is 1. The Morgan fingerprint density at radius 1 is 1.11 bits per heavy atom. The summed E-state index contributed by atoms with van der Waals surface area (Å²) in [6.07, 6.45) is 4.35. The van der Waals surface area contributed by atoms with Gasteiger partial charge in [-0.25, -0.2) is 23.5 Å². The zero-order valence-corrected chi connectivity index (χ0v) is 15.4. The summed E-state index contributed by atoms with van der Waals surface area (Å²) in [5, 5.41) is 12.1. The van der Waals surface area contributed by atoms with Gasteiger partial charge in [-0.15, -0.1) is 0 Å². The SMILES string of the molecule is C=CNc1ncc(C(=O)NC)cn1.NS(=O)(=O)c1ccc2ccccc2c1. The van der Waals surface area contributed by atoms with Crippen LogP contribution in [0.4, 0.5) is 5.95 Å². The first kappa shape index (κ1) is 20.0. The number of sulfonamides is 1. The van der Waals surface area contributed by atoms with Crippen LogP contribution >= 0.6 is 0 Å². The highest BCUT2D eigenvalue weighted by Gasteiger charge is 2.07. The quantitative estimate of drug-likeness (QED) is 0.629. The first-order chi connectivity index (χ1) is 12.8. The van der Waals surface area contributed by atoms with Gasteiger partial charge in [0.05, 0.1) is 10.5 Å². The molecule has 9 heteroatoms. The topological polar surface area (TPSA) is 127 Å². The summed E-state index contributed by atoms with van der Waals surface area (Å²) in [4.78, 5) is 19.0. The van der Waals surface area contributed by atoms with Crippen molar-refractivity contribution in [2.75, 3.05) is 12.4 Å². The minimum absolute atomic E-state index is 0.149. The van der Waals surface area contributed by atoms with Crippen LogP contribution in [0.3, 0.4) is 0 Å². The van der Waals surface area contributed by atoms with E-state index in [-0.39, 0.29) is 10.8 Å². The summed E-state index contributed by atoms with van der Waals surface area (Å²) < 4.78 is 22.1. The molecule has 1 amide bonds. The van der Waals surface area contributed by atoms with Gasteiger partial charge in [-0.2, -0.15) is 0 Å². The molecule has 1 aromatic heterocycles. The third-order valence-corrected chi connectivity index (χ3v) is 4.33. The molecule has 4 N–H and O–H groups in total. The molecular formula is C18H19N5O3S. The number of carbonyl (C=O) groups is 1. The Kier molecular flexibility index (Phi) is 6.58. The van der Waals surface area contributed by atoms with E-state index >= 15 is 0 Å². The van der Waals surface area contributed by atoms with Crippen LogP contribution in [0, 0.1) is 0 Å². The summed E-state index contributed by atoms with van der Waals surface area (Å²) in [5.74, 6) is 0.216. The number of hydrogen-bond acceptors (Lipinski definition) is 6. The standard InChI is InChI=1S/C10H9NO2S.C8H10N4O/c11-14(12,13)10-6-5-8-3-1-2-4-9(8)7-10;1-3-10-8-11-4-6(5-12-8)7(13)9-2/h1-7H,(H2,11,12,13);3-5H,1H2,2H3,(H,9,13)(H,10,11,12). The summed E-state index contributed by atoms with van der Waals surface area (Å²) in [5.41, 5.74) is 0.428. The first-order valence-electron chi connectivity index (χ1n) is 7.78. The third kappa shape index (κ3) is 5.59. The second-order valence-corrected chi connectivity index (χ2v) is 6.84. The van der Waals surface area contributed by atoms with E-state index in [4.69, 9.17) is 5.14 Å². The Labute approximate surface area is 157 Å². The molecule has 0 bridgehead atoms. The Bertz CT molecular complexity index is 1050. The molecule has 27 heavy (non-hydrogen) atoms. The van der Waals surface area contributed by atoms with Crippen LogP contribution in [-0.2, 0) is 10.0 Å². The van der Waals surface area contributed by atoms with Gasteiger partial charge in [0.25, 0.3) is 5.91 Å². The zero-order chi connectivity index (χ0) is 19.9. The maximum Gasteiger partial charge on any atom is 0.254 e. The van der Waals surface area contributed by atoms with Crippen LogP contribution in [-0.4, -0.2) is 31.3 Å². The number of primary sulfonamides is 1. The lowest BCUT2D eigenvalue weighted by Gasteiger charge is -2.00. The zero-order valence-electron chi connectivity index (χ0n) is 14.6. The first-order valence-corrected chi connectivity index (χ1v) is 9.33. The molecule has 0 radical (unpaired) electrons. The van der Waals surface area contributed by atoms with Crippen molar-refractivity contribution in [2.45, 2.75) is 4.90 Å². The van der Waals surface area contributed by atoms with Crippen molar-refractivity contribution in [1.82, 2.24) is 15.3 Å². The summed E-state index contributed by atoms with van der Waals surface area (Å²) in [6, 6.07) is 12.4. The minimum Gasteiger partial charge on any atom is -0.355 e. The number of nitrogens with two attached hydrogens (primary N) is 1. The normalized spacial score (nSPS) is 10.4. The molecule has 8 nitrogen and oxygen atoms in total. The van der Waals surface area contributed by atoms with Crippen LogP contribution in [0.2, 0.25) is 0 Å². The van der Waals surface area contributed by atoms with E-state index in [1.165, 1.54) is 24.7 Å². The van der Waals surface area contributed by atoms with Gasteiger partial charge in [0, 0.05) is 19.4 Å². The lowest BCUT2D eigenvalue weighted by Crippen LogP contribution is -2.18. The predicted molar refractivity (Wildman–Crippen MR) is 105 cm³/mol. The Hall–Kier alpha value is -3.30. The van der Waals surface area contributed by atoms with E-state index in [1.807, 2.05) is 24.3 Å². The van der Waals surface area contributed by atoms with Gasteiger partial charge in [-0.05, 0) is 29.1 Å². The van der Waals surface area contributed by atoms with Gasteiger partial charge in [-0.1, -0.05) is 36.9 Å². The van der Waals surface area contributed by atoms with Gasteiger partial charge >= 0.3 is 0 Å². The second kappa shape index (κ2) is 8.88. The van der Waals surface area contributed by atoms with Gasteiger partial charge < -0.3 is 10.6 Å².